The van der Waals surface area contributed by atoms with Gasteiger partial charge < -0.3 is 25.2 Å². The molecule has 0 aromatic carbocycles. The summed E-state index contributed by atoms with van der Waals surface area (Å²) in [7, 11) is 0. The third kappa shape index (κ3) is 12.8. The van der Waals surface area contributed by atoms with Crippen LogP contribution in [0.15, 0.2) is 0 Å². The Labute approximate surface area is 123 Å². The van der Waals surface area contributed by atoms with E-state index >= 15 is 0 Å². The predicted octanol–water partition coefficient (Wildman–Crippen LogP) is 1.43. The Morgan fingerprint density at radius 1 is 1.00 bits per heavy atom. The number of quaternary nitrogens is 1. The quantitative estimate of drug-likeness (QED) is 0.272. The van der Waals surface area contributed by atoms with Crippen LogP contribution < -0.4 is 5.06 Å². The topological polar surface area (TPSA) is 77.2 Å². The van der Waals surface area contributed by atoms with Crippen LogP contribution in [-0.4, -0.2) is 35.9 Å². The average molecular weight is 291 g/mol. The molecule has 0 amide bonds. The zero-order chi connectivity index (χ0) is 15.4. The molecular formula is C15H33NO4. The van der Waals surface area contributed by atoms with E-state index in [0.29, 0.717) is 13.0 Å². The smallest absolute Gasteiger partial charge is 0.309 e. The normalized spacial score (nSPS) is 13.9. The molecule has 0 heterocycles. The first-order valence-corrected chi connectivity index (χ1v) is 7.90. The molecule has 20 heavy (non-hydrogen) atoms. The second-order valence-corrected chi connectivity index (χ2v) is 6.11. The standard InChI is InChI=1S/C15H33NO4/c1-14(2)10-7-5-4-6-8-12-20-13-9-11-16(19)15(3,17)18/h14,16-18H,4-13H2,1-3H3. The van der Waals surface area contributed by atoms with Gasteiger partial charge in [0.05, 0.1) is 13.2 Å². The fourth-order valence-electron chi connectivity index (χ4n) is 1.96. The molecule has 3 N–H and O–H groups in total. The van der Waals surface area contributed by atoms with Crippen molar-refractivity contribution in [3.63, 3.8) is 0 Å². The Hall–Kier alpha value is -0.200. The summed E-state index contributed by atoms with van der Waals surface area (Å²) in [4.78, 5) is 0. The largest absolute Gasteiger partial charge is 0.630 e. The number of rotatable bonds is 13. The van der Waals surface area contributed by atoms with Gasteiger partial charge in [-0.2, -0.15) is 0 Å². The van der Waals surface area contributed by atoms with Crippen LogP contribution in [0.5, 0.6) is 0 Å². The molecule has 0 saturated heterocycles. The van der Waals surface area contributed by atoms with Crippen molar-refractivity contribution in [3.8, 4) is 0 Å². The van der Waals surface area contributed by atoms with Crippen molar-refractivity contribution in [1.82, 2.24) is 0 Å². The molecule has 1 unspecified atom stereocenters. The van der Waals surface area contributed by atoms with E-state index in [1.165, 1.54) is 32.1 Å². The third-order valence-electron chi connectivity index (χ3n) is 3.29. The van der Waals surface area contributed by atoms with Crippen LogP contribution >= 0.6 is 0 Å². The van der Waals surface area contributed by atoms with Crippen LogP contribution in [0.25, 0.3) is 0 Å². The van der Waals surface area contributed by atoms with E-state index in [1.807, 2.05) is 0 Å². The van der Waals surface area contributed by atoms with Crippen LogP contribution in [0.4, 0.5) is 0 Å². The van der Waals surface area contributed by atoms with Gasteiger partial charge in [-0.25, -0.2) is 0 Å². The van der Waals surface area contributed by atoms with E-state index < -0.39 is 11.0 Å². The lowest BCUT2D eigenvalue weighted by atomic mass is 10.0. The lowest BCUT2D eigenvalue weighted by molar-refractivity contribution is -0.962. The number of hydroxylamine groups is 2. The Bertz CT molecular complexity index is 216. The highest BCUT2D eigenvalue weighted by atomic mass is 16.6. The molecule has 5 heteroatoms. The molecule has 0 saturated carbocycles. The zero-order valence-corrected chi connectivity index (χ0v) is 13.4. The molecule has 0 fully saturated rings. The van der Waals surface area contributed by atoms with Crippen molar-refractivity contribution in [1.29, 1.82) is 0 Å². The van der Waals surface area contributed by atoms with Crippen molar-refractivity contribution < 1.29 is 20.0 Å². The molecule has 1 atom stereocenters. The number of aliphatic hydroxyl groups is 2. The van der Waals surface area contributed by atoms with E-state index in [0.717, 1.165) is 25.9 Å². The zero-order valence-electron chi connectivity index (χ0n) is 13.4. The highest BCUT2D eigenvalue weighted by molar-refractivity contribution is 4.48. The SMILES string of the molecule is CC(C)CCCCCCCOCCC[NH+]([O-])C(C)(O)O. The number of nitrogens with one attached hydrogen (secondary N) is 1. The minimum Gasteiger partial charge on any atom is -0.630 e. The van der Waals surface area contributed by atoms with Crippen molar-refractivity contribution in [3.05, 3.63) is 5.21 Å². The van der Waals surface area contributed by atoms with Gasteiger partial charge in [-0.1, -0.05) is 46.0 Å². The highest BCUT2D eigenvalue weighted by Crippen LogP contribution is 2.10. The predicted molar refractivity (Wildman–Crippen MR) is 80.0 cm³/mol. The molecule has 122 valence electrons. The average Bonchev–Trinajstić information content (AvgIpc) is 2.34. The van der Waals surface area contributed by atoms with Gasteiger partial charge in [0.1, 0.15) is 0 Å². The van der Waals surface area contributed by atoms with Crippen molar-refractivity contribution in [2.45, 2.75) is 71.6 Å². The van der Waals surface area contributed by atoms with E-state index in [9.17, 15) is 5.21 Å². The maximum Gasteiger partial charge on any atom is 0.309 e. The van der Waals surface area contributed by atoms with E-state index in [-0.39, 0.29) is 6.54 Å². The maximum absolute atomic E-state index is 11.2. The third-order valence-corrected chi connectivity index (χ3v) is 3.29. The molecule has 5 nitrogen and oxygen atoms in total. The summed E-state index contributed by atoms with van der Waals surface area (Å²) in [6.45, 7) is 7.00. The van der Waals surface area contributed by atoms with E-state index in [1.54, 1.807) is 0 Å². The summed E-state index contributed by atoms with van der Waals surface area (Å²) >= 11 is 0. The van der Waals surface area contributed by atoms with Crippen molar-refractivity contribution in [2.24, 2.45) is 5.92 Å². The van der Waals surface area contributed by atoms with Crippen LogP contribution in [0.2, 0.25) is 0 Å². The molecule has 0 bridgehead atoms. The van der Waals surface area contributed by atoms with Crippen LogP contribution in [0.3, 0.4) is 0 Å². The minimum absolute atomic E-state index is 0.151. The minimum atomic E-state index is -2.20. The summed E-state index contributed by atoms with van der Waals surface area (Å²) in [6.07, 6.45) is 8.01. The molecule has 0 aliphatic heterocycles. The molecule has 0 radical (unpaired) electrons. The van der Waals surface area contributed by atoms with Gasteiger partial charge in [0, 0.05) is 20.0 Å². The molecule has 0 aromatic heterocycles. The first-order valence-electron chi connectivity index (χ1n) is 7.90. The number of ether oxygens (including phenoxy) is 1. The van der Waals surface area contributed by atoms with Gasteiger partial charge in [-0.3, -0.25) is 0 Å². The molecule has 0 rings (SSSR count). The van der Waals surface area contributed by atoms with Gasteiger partial charge >= 0.3 is 5.91 Å². The van der Waals surface area contributed by atoms with E-state index in [2.05, 4.69) is 13.8 Å². The highest BCUT2D eigenvalue weighted by Gasteiger charge is 2.22. The summed E-state index contributed by atoms with van der Waals surface area (Å²) in [5, 5.41) is 28.7. The summed E-state index contributed by atoms with van der Waals surface area (Å²) in [6, 6.07) is 0. The van der Waals surface area contributed by atoms with Gasteiger partial charge in [0.15, 0.2) is 0 Å². The van der Waals surface area contributed by atoms with E-state index in [4.69, 9.17) is 14.9 Å². The second kappa shape index (κ2) is 11.5. The Morgan fingerprint density at radius 2 is 1.55 bits per heavy atom. The lowest BCUT2D eigenvalue weighted by Crippen LogP contribution is -3.16. The summed E-state index contributed by atoms with van der Waals surface area (Å²) in [5.41, 5.74) is 0. The van der Waals surface area contributed by atoms with Gasteiger partial charge in [-0.05, 0) is 12.3 Å². The Morgan fingerprint density at radius 3 is 2.15 bits per heavy atom. The number of unbranched alkanes of at least 4 members (excludes halogenated alkanes) is 4. The summed E-state index contributed by atoms with van der Waals surface area (Å²) in [5.74, 6) is -1.39. The first kappa shape index (κ1) is 19.8. The fraction of sp³-hybridized carbons (Fsp3) is 1.00. The first-order chi connectivity index (χ1) is 9.34. The van der Waals surface area contributed by atoms with Crippen LogP contribution in [0, 0.1) is 11.1 Å². The number of hydrogen-bond donors (Lipinski definition) is 3. The Kier molecular flexibility index (Phi) is 11.3. The number of hydrogen-bond acceptors (Lipinski definition) is 4. The second-order valence-electron chi connectivity index (χ2n) is 6.11. The fourth-order valence-corrected chi connectivity index (χ4v) is 1.96. The van der Waals surface area contributed by atoms with Crippen LogP contribution in [-0.2, 0) is 4.74 Å². The van der Waals surface area contributed by atoms with Crippen LogP contribution in [0.1, 0.15) is 65.7 Å². The maximum atomic E-state index is 11.2. The van der Waals surface area contributed by atoms with Crippen molar-refractivity contribution in [2.75, 3.05) is 19.8 Å². The molecular weight excluding hydrogens is 258 g/mol. The van der Waals surface area contributed by atoms with Gasteiger partial charge in [0.25, 0.3) is 0 Å². The van der Waals surface area contributed by atoms with Gasteiger partial charge in [-0.15, -0.1) is 0 Å². The Balaban J connectivity index is 3.18. The molecule has 0 aliphatic rings. The summed E-state index contributed by atoms with van der Waals surface area (Å²) < 4.78 is 5.43. The lowest BCUT2D eigenvalue weighted by Gasteiger charge is -2.31. The van der Waals surface area contributed by atoms with Gasteiger partial charge in [0.2, 0.25) is 0 Å². The molecule has 0 aromatic rings. The molecule has 0 spiro atoms. The van der Waals surface area contributed by atoms with Crippen molar-refractivity contribution >= 4 is 0 Å². The molecule has 0 aliphatic carbocycles. The monoisotopic (exact) mass is 291 g/mol.